The van der Waals surface area contributed by atoms with Crippen LogP contribution in [-0.2, 0) is 10.2 Å². The Hall–Kier alpha value is -2.68. The van der Waals surface area contributed by atoms with E-state index < -0.39 is 5.97 Å². The molecule has 3 fully saturated rings. The summed E-state index contributed by atoms with van der Waals surface area (Å²) in [5.74, 6) is 1.26. The third-order valence-corrected chi connectivity index (χ3v) is 10.4. The zero-order valence-corrected chi connectivity index (χ0v) is 25.2. The van der Waals surface area contributed by atoms with E-state index in [1.165, 1.54) is 24.2 Å². The average Bonchev–Trinajstić information content (AvgIpc) is 3.62. The quantitative estimate of drug-likeness (QED) is 0.398. The van der Waals surface area contributed by atoms with Crippen LogP contribution in [-0.4, -0.2) is 52.2 Å². The van der Waals surface area contributed by atoms with Crippen LogP contribution in [0.15, 0.2) is 18.5 Å². The topological polar surface area (TPSA) is 95.9 Å². The number of nitrogens with zero attached hydrogens (tertiary/aromatic N) is 4. The van der Waals surface area contributed by atoms with Crippen LogP contribution < -0.4 is 14.5 Å². The standard InChI is InChI=1S/C31H44N4O4S/c1-20-7-9-21(10-8-20)29(36)35(24-17-25(31(2,3)4)40-28(24)30(37)38)22-11-13-23(14-12-22)39-27-18-26(32-19-33-27)34-15-5-6-16-34/h17-23H,5-16H2,1-4H3,(H,37,38). The molecule has 5 rings (SSSR count). The van der Waals surface area contributed by atoms with Crippen molar-refractivity contribution >= 4 is 34.7 Å². The van der Waals surface area contributed by atoms with Crippen molar-refractivity contribution in [1.29, 1.82) is 0 Å². The highest BCUT2D eigenvalue weighted by molar-refractivity contribution is 7.14. The van der Waals surface area contributed by atoms with Gasteiger partial charge >= 0.3 is 5.97 Å². The summed E-state index contributed by atoms with van der Waals surface area (Å²) in [4.78, 5) is 40.8. The van der Waals surface area contributed by atoms with Gasteiger partial charge in [-0.3, -0.25) is 4.79 Å². The lowest BCUT2D eigenvalue weighted by atomic mass is 9.81. The Labute approximate surface area is 242 Å². The summed E-state index contributed by atoms with van der Waals surface area (Å²) in [5.41, 5.74) is 0.389. The van der Waals surface area contributed by atoms with Crippen molar-refractivity contribution in [1.82, 2.24) is 9.97 Å². The Balaban J connectivity index is 1.34. The molecule has 0 radical (unpaired) electrons. The first-order valence-electron chi connectivity index (χ1n) is 15.0. The average molecular weight is 569 g/mol. The summed E-state index contributed by atoms with van der Waals surface area (Å²) in [6, 6.07) is 3.87. The molecule has 1 saturated heterocycles. The van der Waals surface area contributed by atoms with E-state index in [0.29, 0.717) is 17.5 Å². The minimum absolute atomic E-state index is 0.0108. The summed E-state index contributed by atoms with van der Waals surface area (Å²) in [6.45, 7) is 10.6. The van der Waals surface area contributed by atoms with Crippen molar-refractivity contribution in [3.63, 3.8) is 0 Å². The second-order valence-corrected chi connectivity index (χ2v) is 14.1. The second-order valence-electron chi connectivity index (χ2n) is 13.0. The Kier molecular flexibility index (Phi) is 8.69. The highest BCUT2D eigenvalue weighted by atomic mass is 32.1. The lowest BCUT2D eigenvalue weighted by molar-refractivity contribution is -0.124. The summed E-state index contributed by atoms with van der Waals surface area (Å²) in [5, 5.41) is 10.2. The van der Waals surface area contributed by atoms with Crippen LogP contribution in [0.2, 0.25) is 0 Å². The number of anilines is 2. The Morgan fingerprint density at radius 1 is 1.00 bits per heavy atom. The maximum atomic E-state index is 14.2. The Morgan fingerprint density at radius 3 is 2.30 bits per heavy atom. The van der Waals surface area contributed by atoms with Gasteiger partial charge in [-0.05, 0) is 81.6 Å². The molecule has 0 aromatic carbocycles. The van der Waals surface area contributed by atoms with Crippen LogP contribution in [0.1, 0.15) is 106 Å². The number of carboxylic acid groups (broad SMARTS) is 1. The number of carbonyl (C=O) groups excluding carboxylic acids is 1. The molecule has 0 atom stereocenters. The predicted molar refractivity (Wildman–Crippen MR) is 159 cm³/mol. The van der Waals surface area contributed by atoms with Crippen molar-refractivity contribution in [2.45, 2.75) is 109 Å². The number of ether oxygens (including phenoxy) is 1. The maximum Gasteiger partial charge on any atom is 0.348 e. The molecule has 0 spiro atoms. The molecule has 0 bridgehead atoms. The lowest BCUT2D eigenvalue weighted by Crippen LogP contribution is -2.47. The third-order valence-electron chi connectivity index (χ3n) is 8.86. The summed E-state index contributed by atoms with van der Waals surface area (Å²) in [7, 11) is 0. The van der Waals surface area contributed by atoms with Crippen molar-refractivity contribution in [3.8, 4) is 5.88 Å². The predicted octanol–water partition coefficient (Wildman–Crippen LogP) is 6.68. The van der Waals surface area contributed by atoms with Gasteiger partial charge < -0.3 is 19.6 Å². The van der Waals surface area contributed by atoms with Crippen LogP contribution in [0.25, 0.3) is 0 Å². The lowest BCUT2D eigenvalue weighted by Gasteiger charge is -2.39. The normalized spacial score (nSPS) is 25.6. The van der Waals surface area contributed by atoms with Gasteiger partial charge in [-0.1, -0.05) is 27.7 Å². The van der Waals surface area contributed by atoms with E-state index in [1.807, 2.05) is 17.0 Å². The summed E-state index contributed by atoms with van der Waals surface area (Å²) in [6.07, 6.45) is 10.9. The fourth-order valence-corrected chi connectivity index (χ4v) is 7.43. The van der Waals surface area contributed by atoms with Crippen molar-refractivity contribution < 1.29 is 19.4 Å². The van der Waals surface area contributed by atoms with Gasteiger partial charge in [0.1, 0.15) is 23.1 Å². The number of thiophene rings is 1. The second kappa shape index (κ2) is 12.0. The van der Waals surface area contributed by atoms with Crippen LogP contribution >= 0.6 is 11.3 Å². The monoisotopic (exact) mass is 568 g/mol. The van der Waals surface area contributed by atoms with E-state index in [-0.39, 0.29) is 34.3 Å². The zero-order chi connectivity index (χ0) is 28.4. The van der Waals surface area contributed by atoms with E-state index >= 15 is 0 Å². The number of aromatic nitrogens is 2. The molecule has 40 heavy (non-hydrogen) atoms. The van der Waals surface area contributed by atoms with Gasteiger partial charge in [0.15, 0.2) is 0 Å². The Morgan fingerprint density at radius 2 is 1.68 bits per heavy atom. The first-order chi connectivity index (χ1) is 19.1. The van der Waals surface area contributed by atoms with E-state index in [2.05, 4.69) is 42.6 Å². The first kappa shape index (κ1) is 28.8. The van der Waals surface area contributed by atoms with Gasteiger partial charge in [-0.2, -0.15) is 0 Å². The molecule has 218 valence electrons. The molecule has 8 nitrogen and oxygen atoms in total. The molecule has 1 N–H and O–H groups in total. The van der Waals surface area contributed by atoms with Gasteiger partial charge in [-0.15, -0.1) is 11.3 Å². The SMILES string of the molecule is CC1CCC(C(=O)N(c2cc(C(C)(C)C)sc2C(=O)O)C2CCC(Oc3cc(N4CCCC4)ncn3)CC2)CC1. The number of carboxylic acids is 1. The zero-order valence-electron chi connectivity index (χ0n) is 24.4. The van der Waals surface area contributed by atoms with Crippen LogP contribution in [0, 0.1) is 11.8 Å². The van der Waals surface area contributed by atoms with E-state index in [4.69, 9.17) is 4.74 Å². The molecule has 3 heterocycles. The highest BCUT2D eigenvalue weighted by Crippen LogP contribution is 2.42. The molecule has 2 aromatic rings. The van der Waals surface area contributed by atoms with E-state index in [9.17, 15) is 14.7 Å². The summed E-state index contributed by atoms with van der Waals surface area (Å²) >= 11 is 1.31. The number of carbonyl (C=O) groups is 2. The molecular formula is C31H44N4O4S. The number of rotatable bonds is 7. The summed E-state index contributed by atoms with van der Waals surface area (Å²) < 4.78 is 6.32. The van der Waals surface area contributed by atoms with Crippen molar-refractivity contribution in [3.05, 3.63) is 28.2 Å². The fourth-order valence-electron chi connectivity index (χ4n) is 6.39. The molecule has 2 aliphatic carbocycles. The fraction of sp³-hybridized carbons (Fsp3) is 0.677. The minimum atomic E-state index is -0.958. The van der Waals surface area contributed by atoms with Gasteiger partial charge in [0.25, 0.3) is 0 Å². The van der Waals surface area contributed by atoms with Gasteiger partial charge in [0.05, 0.1) is 5.69 Å². The number of hydrogen-bond acceptors (Lipinski definition) is 7. The molecule has 2 aromatic heterocycles. The van der Waals surface area contributed by atoms with Gasteiger partial charge in [-0.25, -0.2) is 14.8 Å². The molecule has 9 heteroatoms. The molecule has 1 aliphatic heterocycles. The molecular weight excluding hydrogens is 524 g/mol. The first-order valence-corrected chi connectivity index (χ1v) is 15.9. The van der Waals surface area contributed by atoms with E-state index in [1.54, 1.807) is 6.33 Å². The van der Waals surface area contributed by atoms with Crippen LogP contribution in [0.5, 0.6) is 5.88 Å². The largest absolute Gasteiger partial charge is 0.477 e. The van der Waals surface area contributed by atoms with Crippen molar-refractivity contribution in [2.24, 2.45) is 11.8 Å². The number of amides is 1. The van der Waals surface area contributed by atoms with Crippen LogP contribution in [0.4, 0.5) is 11.5 Å². The molecule has 1 amide bonds. The number of aromatic carboxylic acids is 1. The van der Waals surface area contributed by atoms with Gasteiger partial charge in [0, 0.05) is 36.0 Å². The maximum absolute atomic E-state index is 14.2. The highest BCUT2D eigenvalue weighted by Gasteiger charge is 2.38. The molecule has 2 saturated carbocycles. The minimum Gasteiger partial charge on any atom is -0.477 e. The smallest absolute Gasteiger partial charge is 0.348 e. The Bertz CT molecular complexity index is 1190. The van der Waals surface area contributed by atoms with Crippen molar-refractivity contribution in [2.75, 3.05) is 22.9 Å². The van der Waals surface area contributed by atoms with Gasteiger partial charge in [0.2, 0.25) is 11.8 Å². The molecule has 3 aliphatic rings. The van der Waals surface area contributed by atoms with E-state index in [0.717, 1.165) is 75.2 Å². The number of hydrogen-bond donors (Lipinski definition) is 1. The molecule has 0 unspecified atom stereocenters. The van der Waals surface area contributed by atoms with Crippen LogP contribution in [0.3, 0.4) is 0 Å². The third kappa shape index (κ3) is 6.45.